The molecule has 1 aromatic rings. The lowest BCUT2D eigenvalue weighted by Crippen LogP contribution is -2.42. The number of nitrogens with two attached hydrogens (primary N) is 2. The molecule has 6 unspecified atom stereocenters. The predicted molar refractivity (Wildman–Crippen MR) is 127 cm³/mol. The molecule has 4 bridgehead atoms. The molecular weight excluding hydrogens is 396 g/mol. The van der Waals surface area contributed by atoms with Gasteiger partial charge in [-0.1, -0.05) is 60.7 Å². The Labute approximate surface area is 190 Å². The molecule has 4 heteroatoms. The Kier molecular flexibility index (Phi) is 5.35. The first-order valence-corrected chi connectivity index (χ1v) is 12.1. The molecule has 168 valence electrons. The lowest BCUT2D eigenvalue weighted by molar-refractivity contribution is -0.125. The summed E-state index contributed by atoms with van der Waals surface area (Å²) in [6, 6.07) is 10.6. The Morgan fingerprint density at radius 3 is 2.12 bits per heavy atom. The summed E-state index contributed by atoms with van der Waals surface area (Å²) in [5.41, 5.74) is 14.1. The van der Waals surface area contributed by atoms with E-state index in [2.05, 4.69) is 60.7 Å². The minimum atomic E-state index is -0.174. The van der Waals surface area contributed by atoms with Crippen LogP contribution in [0.1, 0.15) is 56.9 Å². The largest absolute Gasteiger partial charge is 0.369 e. The molecule has 0 aliphatic heterocycles. The van der Waals surface area contributed by atoms with Gasteiger partial charge in [0, 0.05) is 17.3 Å². The Morgan fingerprint density at radius 1 is 0.812 bits per heavy atom. The molecule has 0 radical (unpaired) electrons. The van der Waals surface area contributed by atoms with Crippen molar-refractivity contribution in [2.24, 2.45) is 46.0 Å². The fourth-order valence-electron chi connectivity index (χ4n) is 7.23. The molecule has 0 saturated heterocycles. The van der Waals surface area contributed by atoms with E-state index in [1.54, 1.807) is 0 Å². The molecule has 2 saturated carbocycles. The number of benzene rings is 1. The second-order valence-corrected chi connectivity index (χ2v) is 10.8. The van der Waals surface area contributed by atoms with Crippen LogP contribution >= 0.6 is 0 Å². The van der Waals surface area contributed by atoms with E-state index in [4.69, 9.17) is 11.5 Å². The Morgan fingerprint density at radius 2 is 1.44 bits per heavy atom. The van der Waals surface area contributed by atoms with Crippen LogP contribution in [0.2, 0.25) is 0 Å². The van der Waals surface area contributed by atoms with E-state index >= 15 is 0 Å². The third-order valence-corrected chi connectivity index (χ3v) is 8.55. The molecule has 4 aliphatic rings. The average Bonchev–Trinajstić information content (AvgIpc) is 2.77. The van der Waals surface area contributed by atoms with Crippen molar-refractivity contribution in [3.8, 4) is 0 Å². The first-order valence-electron chi connectivity index (χ1n) is 12.1. The topological polar surface area (TPSA) is 86.2 Å². The summed E-state index contributed by atoms with van der Waals surface area (Å²) in [5, 5.41) is 0. The highest BCUT2D eigenvalue weighted by Crippen LogP contribution is 2.58. The van der Waals surface area contributed by atoms with Crippen LogP contribution < -0.4 is 11.5 Å². The smallest absolute Gasteiger partial charge is 0.220 e. The van der Waals surface area contributed by atoms with Crippen molar-refractivity contribution >= 4 is 17.4 Å². The number of carbonyl (C=O) groups excluding carboxylic acids is 2. The maximum Gasteiger partial charge on any atom is 0.220 e. The third kappa shape index (κ3) is 3.85. The molecule has 0 spiro atoms. The van der Waals surface area contributed by atoms with Gasteiger partial charge < -0.3 is 11.5 Å². The Balaban J connectivity index is 1.63. The minimum absolute atomic E-state index is 0.0619. The standard InChI is InChI=1S/C28H34N2O2/c29-25(31)22-12-19-6-4-10-27(14-19,16-22)18-24(21-8-2-1-3-9-21)28-11-5-7-20(15-28)13-23(17-28)26(30)32/h1-9,18-20,22-23H,10-17H2,(H2,29,31)(H2,30,32). The highest BCUT2D eigenvalue weighted by Gasteiger charge is 2.48. The summed E-state index contributed by atoms with van der Waals surface area (Å²) < 4.78 is 0. The van der Waals surface area contributed by atoms with E-state index in [1.165, 1.54) is 11.1 Å². The van der Waals surface area contributed by atoms with E-state index in [-0.39, 0.29) is 34.5 Å². The van der Waals surface area contributed by atoms with Crippen LogP contribution in [0.15, 0.2) is 60.7 Å². The minimum Gasteiger partial charge on any atom is -0.369 e. The Bertz CT molecular complexity index is 994. The monoisotopic (exact) mass is 430 g/mol. The highest BCUT2D eigenvalue weighted by atomic mass is 16.1. The van der Waals surface area contributed by atoms with Gasteiger partial charge in [0.1, 0.15) is 0 Å². The fourth-order valence-corrected chi connectivity index (χ4v) is 7.23. The van der Waals surface area contributed by atoms with Crippen molar-refractivity contribution in [1.29, 1.82) is 0 Å². The maximum absolute atomic E-state index is 12.3. The zero-order valence-electron chi connectivity index (χ0n) is 18.7. The summed E-state index contributed by atoms with van der Waals surface area (Å²) in [4.78, 5) is 24.5. The number of carbonyl (C=O) groups is 2. The molecule has 0 aromatic heterocycles. The van der Waals surface area contributed by atoms with Crippen molar-refractivity contribution in [2.45, 2.75) is 51.4 Å². The first-order chi connectivity index (χ1) is 15.4. The van der Waals surface area contributed by atoms with Gasteiger partial charge in [0.2, 0.25) is 11.8 Å². The normalized spacial score (nSPS) is 38.3. The molecule has 2 amide bonds. The van der Waals surface area contributed by atoms with Gasteiger partial charge in [0.05, 0.1) is 0 Å². The van der Waals surface area contributed by atoms with Crippen LogP contribution in [-0.2, 0) is 9.59 Å². The maximum atomic E-state index is 12.3. The predicted octanol–water partition coefficient (Wildman–Crippen LogP) is 4.77. The molecule has 5 rings (SSSR count). The quantitative estimate of drug-likeness (QED) is 0.660. The van der Waals surface area contributed by atoms with Gasteiger partial charge in [-0.2, -0.15) is 0 Å². The number of rotatable bonds is 5. The van der Waals surface area contributed by atoms with Gasteiger partial charge in [0.25, 0.3) is 0 Å². The van der Waals surface area contributed by atoms with Gasteiger partial charge in [0.15, 0.2) is 0 Å². The van der Waals surface area contributed by atoms with E-state index < -0.39 is 0 Å². The summed E-state index contributed by atoms with van der Waals surface area (Å²) >= 11 is 0. The number of hydrogen-bond acceptors (Lipinski definition) is 2. The van der Waals surface area contributed by atoms with Crippen LogP contribution in [0.3, 0.4) is 0 Å². The van der Waals surface area contributed by atoms with Gasteiger partial charge in [-0.3, -0.25) is 9.59 Å². The van der Waals surface area contributed by atoms with E-state index in [1.807, 2.05) is 0 Å². The molecule has 4 N–H and O–H groups in total. The molecular formula is C28H34N2O2. The lowest BCUT2D eigenvalue weighted by atomic mass is 9.54. The molecule has 2 fully saturated rings. The lowest BCUT2D eigenvalue weighted by Gasteiger charge is -2.49. The van der Waals surface area contributed by atoms with Crippen molar-refractivity contribution in [3.63, 3.8) is 0 Å². The van der Waals surface area contributed by atoms with Crippen molar-refractivity contribution in [3.05, 3.63) is 66.3 Å². The number of hydrogen-bond donors (Lipinski definition) is 2. The van der Waals surface area contributed by atoms with Crippen LogP contribution in [0.4, 0.5) is 0 Å². The molecule has 6 atom stereocenters. The second kappa shape index (κ2) is 8.06. The van der Waals surface area contributed by atoms with Crippen LogP contribution in [0, 0.1) is 34.5 Å². The van der Waals surface area contributed by atoms with Crippen LogP contribution in [0.25, 0.3) is 5.57 Å². The summed E-state index contributed by atoms with van der Waals surface area (Å²) in [6.07, 6.45) is 19.0. The van der Waals surface area contributed by atoms with Crippen LogP contribution in [-0.4, -0.2) is 11.8 Å². The van der Waals surface area contributed by atoms with Gasteiger partial charge in [-0.05, 0) is 79.8 Å². The van der Waals surface area contributed by atoms with Gasteiger partial charge in [-0.15, -0.1) is 0 Å². The summed E-state index contributed by atoms with van der Waals surface area (Å²) in [6.45, 7) is 0. The zero-order valence-corrected chi connectivity index (χ0v) is 18.7. The van der Waals surface area contributed by atoms with Crippen LogP contribution in [0.5, 0.6) is 0 Å². The highest BCUT2D eigenvalue weighted by molar-refractivity contribution is 5.79. The number of fused-ring (bicyclic) bond motifs is 4. The van der Waals surface area contributed by atoms with Crippen molar-refractivity contribution in [1.82, 2.24) is 0 Å². The SMILES string of the molecule is NC(=O)C1CC2C=CCC(C=C(c3ccccc3)C34CC=CC(CC(C(N)=O)C3)C4)(C2)C1. The second-order valence-electron chi connectivity index (χ2n) is 10.8. The fraction of sp³-hybridized carbons (Fsp3) is 0.500. The molecule has 4 nitrogen and oxygen atoms in total. The summed E-state index contributed by atoms with van der Waals surface area (Å²) in [7, 11) is 0. The van der Waals surface area contributed by atoms with Gasteiger partial charge >= 0.3 is 0 Å². The average molecular weight is 431 g/mol. The van der Waals surface area contributed by atoms with Gasteiger partial charge in [-0.25, -0.2) is 0 Å². The number of allylic oxidation sites excluding steroid dienone is 6. The van der Waals surface area contributed by atoms with Crippen molar-refractivity contribution in [2.75, 3.05) is 0 Å². The Hall–Kier alpha value is -2.62. The van der Waals surface area contributed by atoms with Crippen molar-refractivity contribution < 1.29 is 9.59 Å². The third-order valence-electron chi connectivity index (χ3n) is 8.55. The zero-order chi connectivity index (χ0) is 22.3. The van der Waals surface area contributed by atoms with E-state index in [9.17, 15) is 9.59 Å². The first kappa shape index (κ1) is 21.2. The van der Waals surface area contributed by atoms with E-state index in [0.717, 1.165) is 51.4 Å². The molecule has 0 heterocycles. The summed E-state index contributed by atoms with van der Waals surface area (Å²) in [5.74, 6) is 0.287. The van der Waals surface area contributed by atoms with E-state index in [0.29, 0.717) is 11.8 Å². The number of amides is 2. The number of primary amides is 2. The molecule has 32 heavy (non-hydrogen) atoms. The molecule has 4 aliphatic carbocycles. The molecule has 1 aromatic carbocycles.